The predicted molar refractivity (Wildman–Crippen MR) is 68.7 cm³/mol. The Labute approximate surface area is 109 Å². The maximum absolute atomic E-state index is 10.6. The van der Waals surface area contributed by atoms with Crippen LogP contribution in [0.25, 0.3) is 0 Å². The van der Waals surface area contributed by atoms with Crippen LogP contribution >= 0.6 is 22.9 Å². The second-order valence-electron chi connectivity index (χ2n) is 4.15. The number of halogens is 1. The van der Waals surface area contributed by atoms with Crippen molar-refractivity contribution < 1.29 is 9.90 Å². The molecular formula is C11H15ClN2O2S. The molecule has 1 aromatic rings. The van der Waals surface area contributed by atoms with Gasteiger partial charge in [0.05, 0.1) is 10.9 Å². The van der Waals surface area contributed by atoms with E-state index in [0.29, 0.717) is 0 Å². The van der Waals surface area contributed by atoms with Crippen LogP contribution in [-0.4, -0.2) is 53.6 Å². The van der Waals surface area contributed by atoms with E-state index in [4.69, 9.17) is 16.7 Å². The first-order valence-corrected chi connectivity index (χ1v) is 6.73. The van der Waals surface area contributed by atoms with E-state index in [0.717, 1.165) is 37.1 Å². The number of hydrogen-bond acceptors (Lipinski definition) is 4. The number of nitrogens with zero attached hydrogens (tertiary/aromatic N) is 2. The minimum absolute atomic E-state index is 0.151. The van der Waals surface area contributed by atoms with Crippen LogP contribution in [-0.2, 0) is 11.3 Å². The molecule has 0 spiro atoms. The molecule has 1 aromatic heterocycles. The summed E-state index contributed by atoms with van der Waals surface area (Å²) in [4.78, 5) is 16.1. The Bertz CT molecular complexity index is 389. The first-order chi connectivity index (χ1) is 8.13. The number of hydrogen-bond donors (Lipinski definition) is 1. The molecule has 0 unspecified atom stereocenters. The highest BCUT2D eigenvalue weighted by atomic mass is 35.5. The average molecular weight is 275 g/mol. The molecule has 1 aliphatic heterocycles. The lowest BCUT2D eigenvalue weighted by Crippen LogP contribution is -2.47. The van der Waals surface area contributed by atoms with E-state index in [1.54, 1.807) is 11.3 Å². The van der Waals surface area contributed by atoms with Crippen molar-refractivity contribution in [1.29, 1.82) is 0 Å². The summed E-state index contributed by atoms with van der Waals surface area (Å²) in [6.45, 7) is 4.55. The summed E-state index contributed by atoms with van der Waals surface area (Å²) in [5, 5.41) is 8.70. The minimum atomic E-state index is -0.747. The van der Waals surface area contributed by atoms with Gasteiger partial charge in [-0.2, -0.15) is 0 Å². The molecule has 1 fully saturated rings. The van der Waals surface area contributed by atoms with Crippen molar-refractivity contribution in [3.8, 4) is 0 Å². The van der Waals surface area contributed by atoms with Crippen molar-refractivity contribution >= 4 is 28.9 Å². The molecule has 1 aliphatic rings. The monoisotopic (exact) mass is 274 g/mol. The van der Waals surface area contributed by atoms with Crippen molar-refractivity contribution in [2.45, 2.75) is 6.54 Å². The molecular weight excluding hydrogens is 260 g/mol. The van der Waals surface area contributed by atoms with E-state index in [1.165, 1.54) is 4.88 Å². The average Bonchev–Trinajstić information content (AvgIpc) is 2.66. The van der Waals surface area contributed by atoms with Crippen LogP contribution in [0.4, 0.5) is 0 Å². The van der Waals surface area contributed by atoms with Crippen LogP contribution < -0.4 is 0 Å². The molecule has 0 radical (unpaired) electrons. The summed E-state index contributed by atoms with van der Waals surface area (Å²) in [7, 11) is 0. The number of rotatable bonds is 4. The van der Waals surface area contributed by atoms with Crippen molar-refractivity contribution in [2.24, 2.45) is 0 Å². The smallest absolute Gasteiger partial charge is 0.317 e. The third-order valence-corrected chi connectivity index (χ3v) is 4.05. The molecule has 4 nitrogen and oxygen atoms in total. The summed E-state index contributed by atoms with van der Waals surface area (Å²) < 4.78 is 0.824. The Morgan fingerprint density at radius 2 is 1.94 bits per heavy atom. The molecule has 6 heteroatoms. The molecule has 1 saturated heterocycles. The lowest BCUT2D eigenvalue weighted by molar-refractivity contribution is -0.138. The van der Waals surface area contributed by atoms with Crippen LogP contribution in [0.3, 0.4) is 0 Å². The second-order valence-corrected chi connectivity index (χ2v) is 5.95. The molecule has 2 heterocycles. The van der Waals surface area contributed by atoms with Crippen LogP contribution in [0.1, 0.15) is 4.88 Å². The fourth-order valence-corrected chi connectivity index (χ4v) is 3.08. The molecule has 0 bridgehead atoms. The number of carbonyl (C=O) groups is 1. The van der Waals surface area contributed by atoms with E-state index in [-0.39, 0.29) is 6.54 Å². The SMILES string of the molecule is O=C(O)CN1CCN(Cc2ccc(Cl)s2)CC1. The van der Waals surface area contributed by atoms with Crippen molar-refractivity contribution in [1.82, 2.24) is 9.80 Å². The van der Waals surface area contributed by atoms with Gasteiger partial charge >= 0.3 is 5.97 Å². The Kier molecular flexibility index (Phi) is 4.39. The van der Waals surface area contributed by atoms with Gasteiger partial charge in [-0.05, 0) is 12.1 Å². The second kappa shape index (κ2) is 5.82. The van der Waals surface area contributed by atoms with Gasteiger partial charge in [-0.25, -0.2) is 0 Å². The third kappa shape index (κ3) is 3.96. The molecule has 0 saturated carbocycles. The van der Waals surface area contributed by atoms with Gasteiger partial charge in [0.1, 0.15) is 0 Å². The van der Waals surface area contributed by atoms with Gasteiger partial charge in [0, 0.05) is 37.6 Å². The fourth-order valence-electron chi connectivity index (χ4n) is 1.95. The zero-order valence-corrected chi connectivity index (χ0v) is 11.0. The summed E-state index contributed by atoms with van der Waals surface area (Å²) in [6, 6.07) is 3.97. The molecule has 17 heavy (non-hydrogen) atoms. The molecule has 0 aliphatic carbocycles. The first-order valence-electron chi connectivity index (χ1n) is 5.54. The topological polar surface area (TPSA) is 43.8 Å². The lowest BCUT2D eigenvalue weighted by atomic mass is 10.3. The standard InChI is InChI=1S/C11H15ClN2O2S/c12-10-2-1-9(17-10)7-13-3-5-14(6-4-13)8-11(15)16/h1-2H,3-8H2,(H,15,16). The maximum Gasteiger partial charge on any atom is 0.317 e. The van der Waals surface area contributed by atoms with Crippen LogP contribution in [0, 0.1) is 0 Å². The molecule has 0 aromatic carbocycles. The van der Waals surface area contributed by atoms with Crippen molar-refractivity contribution in [3.63, 3.8) is 0 Å². The fraction of sp³-hybridized carbons (Fsp3) is 0.545. The third-order valence-electron chi connectivity index (χ3n) is 2.83. The Morgan fingerprint density at radius 3 is 2.47 bits per heavy atom. The van der Waals surface area contributed by atoms with E-state index >= 15 is 0 Å². The van der Waals surface area contributed by atoms with Gasteiger partial charge in [0.15, 0.2) is 0 Å². The lowest BCUT2D eigenvalue weighted by Gasteiger charge is -2.33. The molecule has 0 atom stereocenters. The van der Waals surface area contributed by atoms with E-state index in [9.17, 15) is 4.79 Å². The van der Waals surface area contributed by atoms with Crippen molar-refractivity contribution in [3.05, 3.63) is 21.3 Å². The quantitative estimate of drug-likeness (QED) is 0.906. The number of carboxylic acids is 1. The Morgan fingerprint density at radius 1 is 1.29 bits per heavy atom. The summed E-state index contributed by atoms with van der Waals surface area (Å²) in [6.07, 6.45) is 0. The highest BCUT2D eigenvalue weighted by molar-refractivity contribution is 7.16. The number of aliphatic carboxylic acids is 1. The molecule has 2 rings (SSSR count). The van der Waals surface area contributed by atoms with E-state index in [2.05, 4.69) is 11.0 Å². The van der Waals surface area contributed by atoms with Crippen LogP contribution in [0.15, 0.2) is 12.1 Å². The van der Waals surface area contributed by atoms with E-state index in [1.807, 2.05) is 11.0 Å². The van der Waals surface area contributed by atoms with Crippen molar-refractivity contribution in [2.75, 3.05) is 32.7 Å². The molecule has 94 valence electrons. The Hall–Kier alpha value is -0.620. The van der Waals surface area contributed by atoms with Gasteiger partial charge in [0.25, 0.3) is 0 Å². The van der Waals surface area contributed by atoms with E-state index < -0.39 is 5.97 Å². The van der Waals surface area contributed by atoms with Gasteiger partial charge in [-0.1, -0.05) is 11.6 Å². The van der Waals surface area contributed by atoms with Crippen LogP contribution in [0.2, 0.25) is 4.34 Å². The summed E-state index contributed by atoms with van der Waals surface area (Å²) in [5.74, 6) is -0.747. The normalized spacial score (nSPS) is 18.4. The van der Waals surface area contributed by atoms with Gasteiger partial charge in [-0.3, -0.25) is 14.6 Å². The largest absolute Gasteiger partial charge is 0.480 e. The molecule has 1 N–H and O–H groups in total. The highest BCUT2D eigenvalue weighted by Gasteiger charge is 2.18. The van der Waals surface area contributed by atoms with Gasteiger partial charge < -0.3 is 5.11 Å². The van der Waals surface area contributed by atoms with Gasteiger partial charge in [-0.15, -0.1) is 11.3 Å². The summed E-state index contributed by atoms with van der Waals surface area (Å²) in [5.41, 5.74) is 0. The number of thiophene rings is 1. The number of piperazine rings is 1. The van der Waals surface area contributed by atoms with Gasteiger partial charge in [0.2, 0.25) is 0 Å². The highest BCUT2D eigenvalue weighted by Crippen LogP contribution is 2.23. The number of carboxylic acid groups (broad SMARTS) is 1. The predicted octanol–water partition coefficient (Wildman–Crippen LogP) is 1.60. The maximum atomic E-state index is 10.6. The zero-order valence-electron chi connectivity index (χ0n) is 9.43. The molecule has 0 amide bonds. The zero-order chi connectivity index (χ0) is 12.3. The van der Waals surface area contributed by atoms with Crippen LogP contribution in [0.5, 0.6) is 0 Å². The minimum Gasteiger partial charge on any atom is -0.480 e. The summed E-state index contributed by atoms with van der Waals surface area (Å²) >= 11 is 7.49. The Balaban J connectivity index is 1.77. The first kappa shape index (κ1) is 12.8.